The van der Waals surface area contributed by atoms with E-state index in [4.69, 9.17) is 4.74 Å². The highest BCUT2D eigenvalue weighted by atomic mass is 32.2. The van der Waals surface area contributed by atoms with E-state index >= 15 is 0 Å². The molecule has 1 heterocycles. The SMILES string of the molecule is CCSc1ccccc1C(=O)OCC(=O)N[C@@H](c1ccccc1)c1cccs1. The summed E-state index contributed by atoms with van der Waals surface area (Å²) in [4.78, 5) is 26.8. The van der Waals surface area contributed by atoms with Gasteiger partial charge in [0.1, 0.15) is 0 Å². The van der Waals surface area contributed by atoms with E-state index in [9.17, 15) is 9.59 Å². The fourth-order valence-corrected chi connectivity index (χ4v) is 4.34. The number of esters is 1. The lowest BCUT2D eigenvalue weighted by molar-refractivity contribution is -0.124. The molecule has 4 nitrogen and oxygen atoms in total. The number of nitrogens with one attached hydrogen (secondary N) is 1. The van der Waals surface area contributed by atoms with E-state index in [1.807, 2.05) is 66.9 Å². The maximum Gasteiger partial charge on any atom is 0.339 e. The van der Waals surface area contributed by atoms with Crippen molar-refractivity contribution < 1.29 is 14.3 Å². The van der Waals surface area contributed by atoms with Gasteiger partial charge in [-0.1, -0.05) is 55.5 Å². The van der Waals surface area contributed by atoms with Crippen LogP contribution in [0.5, 0.6) is 0 Å². The largest absolute Gasteiger partial charge is 0.452 e. The predicted octanol–water partition coefficient (Wildman–Crippen LogP) is 4.92. The molecule has 3 rings (SSSR count). The maximum absolute atomic E-state index is 12.5. The molecule has 0 unspecified atom stereocenters. The fourth-order valence-electron chi connectivity index (χ4n) is 2.75. The Labute approximate surface area is 172 Å². The van der Waals surface area contributed by atoms with Crippen LogP contribution in [0, 0.1) is 0 Å². The van der Waals surface area contributed by atoms with Gasteiger partial charge in [-0.25, -0.2) is 4.79 Å². The van der Waals surface area contributed by atoms with Gasteiger partial charge in [-0.3, -0.25) is 4.79 Å². The molecule has 144 valence electrons. The molecule has 1 aromatic heterocycles. The predicted molar refractivity (Wildman–Crippen MR) is 114 cm³/mol. The van der Waals surface area contributed by atoms with Crippen molar-refractivity contribution in [2.24, 2.45) is 0 Å². The van der Waals surface area contributed by atoms with Crippen LogP contribution in [0.3, 0.4) is 0 Å². The molecule has 0 spiro atoms. The minimum atomic E-state index is -0.487. The van der Waals surface area contributed by atoms with Gasteiger partial charge in [0, 0.05) is 9.77 Å². The summed E-state index contributed by atoms with van der Waals surface area (Å²) >= 11 is 3.14. The van der Waals surface area contributed by atoms with E-state index in [1.165, 1.54) is 0 Å². The lowest BCUT2D eigenvalue weighted by Gasteiger charge is -2.18. The standard InChI is InChI=1S/C22H21NO3S2/c1-2-27-18-12-7-6-11-17(18)22(25)26-15-20(24)23-21(19-13-8-14-28-19)16-9-4-3-5-10-16/h3-14,21H,2,15H2,1H3,(H,23,24)/t21-/m0/s1. The second-order valence-corrected chi connectivity index (χ2v) is 8.22. The molecule has 2 aromatic carbocycles. The van der Waals surface area contributed by atoms with Gasteiger partial charge in [0.15, 0.2) is 6.61 Å². The first-order valence-corrected chi connectivity index (χ1v) is 10.8. The van der Waals surface area contributed by atoms with Crippen molar-refractivity contribution in [3.63, 3.8) is 0 Å². The lowest BCUT2D eigenvalue weighted by atomic mass is 10.1. The highest BCUT2D eigenvalue weighted by Crippen LogP contribution is 2.26. The zero-order valence-corrected chi connectivity index (χ0v) is 17.1. The van der Waals surface area contributed by atoms with Crippen LogP contribution in [-0.2, 0) is 9.53 Å². The van der Waals surface area contributed by atoms with Crippen LogP contribution in [0.2, 0.25) is 0 Å². The van der Waals surface area contributed by atoms with Gasteiger partial charge in [-0.2, -0.15) is 0 Å². The average molecular weight is 412 g/mol. The number of benzene rings is 2. The maximum atomic E-state index is 12.5. The van der Waals surface area contributed by atoms with E-state index in [-0.39, 0.29) is 18.6 Å². The number of carbonyl (C=O) groups excluding carboxylic acids is 2. The van der Waals surface area contributed by atoms with E-state index in [1.54, 1.807) is 35.2 Å². The molecule has 28 heavy (non-hydrogen) atoms. The first kappa shape index (κ1) is 20.2. The molecule has 0 saturated heterocycles. The second-order valence-electron chi connectivity index (χ2n) is 5.93. The number of hydrogen-bond acceptors (Lipinski definition) is 5. The molecule has 3 aromatic rings. The van der Waals surface area contributed by atoms with Gasteiger partial charge in [-0.15, -0.1) is 23.1 Å². The number of thiophene rings is 1. The smallest absolute Gasteiger partial charge is 0.339 e. The van der Waals surface area contributed by atoms with E-state index in [0.29, 0.717) is 5.56 Å². The quantitative estimate of drug-likeness (QED) is 0.422. The van der Waals surface area contributed by atoms with Gasteiger partial charge in [0.2, 0.25) is 0 Å². The van der Waals surface area contributed by atoms with Crippen molar-refractivity contribution in [1.29, 1.82) is 0 Å². The number of hydrogen-bond donors (Lipinski definition) is 1. The van der Waals surface area contributed by atoms with Crippen LogP contribution >= 0.6 is 23.1 Å². The van der Waals surface area contributed by atoms with Gasteiger partial charge in [0.05, 0.1) is 11.6 Å². The second kappa shape index (κ2) is 10.1. The van der Waals surface area contributed by atoms with Crippen molar-refractivity contribution in [1.82, 2.24) is 5.32 Å². The Balaban J connectivity index is 1.65. The van der Waals surface area contributed by atoms with Crippen LogP contribution in [0.1, 0.15) is 33.8 Å². The molecular formula is C22H21NO3S2. The topological polar surface area (TPSA) is 55.4 Å². The molecule has 1 amide bonds. The molecule has 1 atom stereocenters. The Kier molecular flexibility index (Phi) is 7.28. The average Bonchev–Trinajstić information content (AvgIpc) is 3.26. The molecular weight excluding hydrogens is 390 g/mol. The minimum absolute atomic E-state index is 0.268. The van der Waals surface area contributed by atoms with Crippen molar-refractivity contribution in [2.45, 2.75) is 17.9 Å². The monoisotopic (exact) mass is 411 g/mol. The highest BCUT2D eigenvalue weighted by molar-refractivity contribution is 7.99. The van der Waals surface area contributed by atoms with E-state index in [0.717, 1.165) is 21.1 Å². The first-order chi connectivity index (χ1) is 13.7. The Bertz CT molecular complexity index is 911. The van der Waals surface area contributed by atoms with E-state index in [2.05, 4.69) is 5.32 Å². The molecule has 0 aliphatic heterocycles. The molecule has 0 saturated carbocycles. The van der Waals surface area contributed by atoms with Crippen LogP contribution < -0.4 is 5.32 Å². The fraction of sp³-hybridized carbons (Fsp3) is 0.182. The molecule has 0 bridgehead atoms. The van der Waals surface area contributed by atoms with Gasteiger partial charge in [0.25, 0.3) is 5.91 Å². The Morgan fingerprint density at radius 3 is 2.50 bits per heavy atom. The number of ether oxygens (including phenoxy) is 1. The molecule has 0 fully saturated rings. The summed E-state index contributed by atoms with van der Waals surface area (Å²) in [6, 6.07) is 20.7. The Morgan fingerprint density at radius 2 is 1.79 bits per heavy atom. The van der Waals surface area contributed by atoms with Crippen molar-refractivity contribution in [3.05, 3.63) is 88.1 Å². The van der Waals surface area contributed by atoms with Crippen LogP contribution in [0.4, 0.5) is 0 Å². The first-order valence-electron chi connectivity index (χ1n) is 8.95. The summed E-state index contributed by atoms with van der Waals surface area (Å²) in [5.41, 5.74) is 1.47. The molecule has 6 heteroatoms. The van der Waals surface area contributed by atoms with Crippen LogP contribution in [0.25, 0.3) is 0 Å². The Morgan fingerprint density at radius 1 is 1.04 bits per heavy atom. The van der Waals surface area contributed by atoms with Crippen molar-refractivity contribution in [2.75, 3.05) is 12.4 Å². The van der Waals surface area contributed by atoms with Crippen molar-refractivity contribution in [3.8, 4) is 0 Å². The van der Waals surface area contributed by atoms with Crippen molar-refractivity contribution >= 4 is 35.0 Å². The summed E-state index contributed by atoms with van der Waals surface area (Å²) in [7, 11) is 0. The zero-order valence-electron chi connectivity index (χ0n) is 15.5. The minimum Gasteiger partial charge on any atom is -0.452 e. The van der Waals surface area contributed by atoms with Gasteiger partial charge < -0.3 is 10.1 Å². The third kappa shape index (κ3) is 5.24. The van der Waals surface area contributed by atoms with Gasteiger partial charge in [-0.05, 0) is 34.9 Å². The van der Waals surface area contributed by atoms with Gasteiger partial charge >= 0.3 is 5.97 Å². The molecule has 0 aliphatic rings. The number of carbonyl (C=O) groups is 2. The normalized spacial score (nSPS) is 11.6. The third-order valence-electron chi connectivity index (χ3n) is 4.01. The summed E-state index contributed by atoms with van der Waals surface area (Å²) < 4.78 is 5.27. The molecule has 0 aliphatic carbocycles. The molecule has 0 radical (unpaired) electrons. The Hall–Kier alpha value is -2.57. The highest BCUT2D eigenvalue weighted by Gasteiger charge is 2.19. The lowest BCUT2D eigenvalue weighted by Crippen LogP contribution is -2.32. The summed E-state index contributed by atoms with van der Waals surface area (Å²) in [5, 5.41) is 4.94. The summed E-state index contributed by atoms with van der Waals surface area (Å²) in [6.45, 7) is 1.70. The zero-order chi connectivity index (χ0) is 19.8. The number of amides is 1. The van der Waals surface area contributed by atoms with Crippen LogP contribution in [0.15, 0.2) is 77.0 Å². The summed E-state index contributed by atoms with van der Waals surface area (Å²) in [5.74, 6) is 0.0278. The van der Waals surface area contributed by atoms with Crippen LogP contribution in [-0.4, -0.2) is 24.2 Å². The van der Waals surface area contributed by atoms with E-state index < -0.39 is 5.97 Å². The molecule has 1 N–H and O–H groups in total. The third-order valence-corrected chi connectivity index (χ3v) is 5.90. The number of thioether (sulfide) groups is 1. The summed E-state index contributed by atoms with van der Waals surface area (Å²) in [6.07, 6.45) is 0. The number of rotatable bonds is 8.